The minimum atomic E-state index is 0.282. The molecular formula is C15H23NO2. The average molecular weight is 249 g/mol. The number of hydrogen-bond acceptors (Lipinski definition) is 3. The molecule has 3 heteroatoms. The third-order valence-electron chi connectivity index (χ3n) is 2.91. The molecular weight excluding hydrogens is 226 g/mol. The number of ether oxygens (including phenoxy) is 2. The van der Waals surface area contributed by atoms with Crippen LogP contribution >= 0.6 is 0 Å². The third kappa shape index (κ3) is 4.08. The van der Waals surface area contributed by atoms with Crippen LogP contribution in [0.4, 0.5) is 0 Å². The van der Waals surface area contributed by atoms with Crippen molar-refractivity contribution < 1.29 is 9.47 Å². The summed E-state index contributed by atoms with van der Waals surface area (Å²) in [6.07, 6.45) is 0.998. The van der Waals surface area contributed by atoms with E-state index in [1.54, 1.807) is 14.2 Å². The molecule has 1 atom stereocenters. The molecule has 0 saturated heterocycles. The Hall–Kier alpha value is -1.48. The SMILES string of the molecule is C=C(C)CCNC(C)c1ccc(OC)c(OC)c1. The van der Waals surface area contributed by atoms with Gasteiger partial charge in [0.25, 0.3) is 0 Å². The maximum atomic E-state index is 5.30. The van der Waals surface area contributed by atoms with Crippen molar-refractivity contribution in [3.63, 3.8) is 0 Å². The Morgan fingerprint density at radius 3 is 2.50 bits per heavy atom. The molecule has 0 aromatic heterocycles. The summed E-state index contributed by atoms with van der Waals surface area (Å²) in [4.78, 5) is 0. The summed E-state index contributed by atoms with van der Waals surface area (Å²) < 4.78 is 10.5. The maximum absolute atomic E-state index is 5.30. The van der Waals surface area contributed by atoms with Crippen LogP contribution in [-0.2, 0) is 0 Å². The highest BCUT2D eigenvalue weighted by molar-refractivity contribution is 5.43. The molecule has 0 radical (unpaired) electrons. The van der Waals surface area contributed by atoms with Crippen LogP contribution in [0.1, 0.15) is 31.9 Å². The average Bonchev–Trinajstić information content (AvgIpc) is 2.37. The van der Waals surface area contributed by atoms with Crippen molar-refractivity contribution in [2.75, 3.05) is 20.8 Å². The van der Waals surface area contributed by atoms with Gasteiger partial charge in [0.05, 0.1) is 14.2 Å². The summed E-state index contributed by atoms with van der Waals surface area (Å²) >= 11 is 0. The molecule has 100 valence electrons. The standard InChI is InChI=1S/C15H23NO2/c1-11(2)8-9-16-12(3)13-6-7-14(17-4)15(10-13)18-5/h6-7,10,12,16H,1,8-9H2,2-5H3. The van der Waals surface area contributed by atoms with Gasteiger partial charge in [-0.25, -0.2) is 0 Å². The van der Waals surface area contributed by atoms with Gasteiger partial charge < -0.3 is 14.8 Å². The van der Waals surface area contributed by atoms with Crippen LogP contribution in [0.25, 0.3) is 0 Å². The summed E-state index contributed by atoms with van der Waals surface area (Å²) in [5, 5.41) is 3.46. The Labute approximate surface area is 110 Å². The van der Waals surface area contributed by atoms with Crippen molar-refractivity contribution in [1.29, 1.82) is 0 Å². The molecule has 18 heavy (non-hydrogen) atoms. The van der Waals surface area contributed by atoms with E-state index in [9.17, 15) is 0 Å². The predicted molar refractivity (Wildman–Crippen MR) is 75.4 cm³/mol. The van der Waals surface area contributed by atoms with Gasteiger partial charge in [0.1, 0.15) is 0 Å². The molecule has 0 heterocycles. The molecule has 0 amide bonds. The van der Waals surface area contributed by atoms with Gasteiger partial charge in [-0.05, 0) is 44.5 Å². The number of hydrogen-bond donors (Lipinski definition) is 1. The van der Waals surface area contributed by atoms with Crippen molar-refractivity contribution in [2.45, 2.75) is 26.3 Å². The van der Waals surface area contributed by atoms with Crippen molar-refractivity contribution >= 4 is 0 Å². The Morgan fingerprint density at radius 1 is 1.28 bits per heavy atom. The van der Waals surface area contributed by atoms with Crippen LogP contribution in [0.3, 0.4) is 0 Å². The molecule has 0 bridgehead atoms. The van der Waals surface area contributed by atoms with E-state index in [-0.39, 0.29) is 6.04 Å². The highest BCUT2D eigenvalue weighted by atomic mass is 16.5. The first kappa shape index (κ1) is 14.6. The Morgan fingerprint density at radius 2 is 1.94 bits per heavy atom. The van der Waals surface area contributed by atoms with Crippen LogP contribution in [-0.4, -0.2) is 20.8 Å². The van der Waals surface area contributed by atoms with E-state index in [1.807, 2.05) is 19.1 Å². The Kier molecular flexibility index (Phi) is 5.72. The summed E-state index contributed by atoms with van der Waals surface area (Å²) in [6.45, 7) is 9.02. The maximum Gasteiger partial charge on any atom is 0.161 e. The molecule has 0 fully saturated rings. The van der Waals surface area contributed by atoms with Gasteiger partial charge in [-0.2, -0.15) is 0 Å². The summed E-state index contributed by atoms with van der Waals surface area (Å²) in [6, 6.07) is 6.28. The molecule has 1 aromatic rings. The lowest BCUT2D eigenvalue weighted by Crippen LogP contribution is -2.20. The third-order valence-corrected chi connectivity index (χ3v) is 2.91. The zero-order valence-electron chi connectivity index (χ0n) is 11.7. The summed E-state index contributed by atoms with van der Waals surface area (Å²) in [7, 11) is 3.30. The minimum absolute atomic E-state index is 0.282. The van der Waals surface area contributed by atoms with Crippen LogP contribution < -0.4 is 14.8 Å². The fraction of sp³-hybridized carbons (Fsp3) is 0.467. The lowest BCUT2D eigenvalue weighted by atomic mass is 10.1. The normalized spacial score (nSPS) is 12.0. The van der Waals surface area contributed by atoms with E-state index in [0.717, 1.165) is 24.5 Å². The van der Waals surface area contributed by atoms with Gasteiger partial charge in [0.15, 0.2) is 11.5 Å². The van der Waals surface area contributed by atoms with Crippen LogP contribution in [0.15, 0.2) is 30.4 Å². The summed E-state index contributed by atoms with van der Waals surface area (Å²) in [5.41, 5.74) is 2.39. The highest BCUT2D eigenvalue weighted by Gasteiger charge is 2.09. The Bertz CT molecular complexity index is 401. The van der Waals surface area contributed by atoms with Gasteiger partial charge in [-0.1, -0.05) is 11.6 Å². The molecule has 1 aromatic carbocycles. The van der Waals surface area contributed by atoms with Crippen molar-refractivity contribution in [2.24, 2.45) is 0 Å². The molecule has 0 aliphatic rings. The topological polar surface area (TPSA) is 30.5 Å². The van der Waals surface area contributed by atoms with Gasteiger partial charge in [-0.3, -0.25) is 0 Å². The number of nitrogens with one attached hydrogen (secondary N) is 1. The summed E-state index contributed by atoms with van der Waals surface area (Å²) in [5.74, 6) is 1.53. The molecule has 0 spiro atoms. The quantitative estimate of drug-likeness (QED) is 0.752. The van der Waals surface area contributed by atoms with Gasteiger partial charge in [0, 0.05) is 6.04 Å². The van der Waals surface area contributed by atoms with E-state index in [2.05, 4.69) is 24.9 Å². The van der Waals surface area contributed by atoms with Crippen LogP contribution in [0.5, 0.6) is 11.5 Å². The molecule has 0 aliphatic heterocycles. The van der Waals surface area contributed by atoms with E-state index in [1.165, 1.54) is 11.1 Å². The fourth-order valence-corrected chi connectivity index (χ4v) is 1.74. The first-order valence-corrected chi connectivity index (χ1v) is 6.18. The smallest absolute Gasteiger partial charge is 0.161 e. The van der Waals surface area contributed by atoms with Crippen molar-refractivity contribution in [3.05, 3.63) is 35.9 Å². The van der Waals surface area contributed by atoms with Crippen LogP contribution in [0, 0.1) is 0 Å². The highest BCUT2D eigenvalue weighted by Crippen LogP contribution is 2.29. The molecule has 0 aliphatic carbocycles. The number of benzene rings is 1. The fourth-order valence-electron chi connectivity index (χ4n) is 1.74. The monoisotopic (exact) mass is 249 g/mol. The zero-order valence-corrected chi connectivity index (χ0v) is 11.7. The van der Waals surface area contributed by atoms with Gasteiger partial charge in [0.2, 0.25) is 0 Å². The first-order chi connectivity index (χ1) is 8.58. The second-order valence-corrected chi connectivity index (χ2v) is 4.50. The Balaban J connectivity index is 2.67. The second kappa shape index (κ2) is 7.07. The number of methoxy groups -OCH3 is 2. The second-order valence-electron chi connectivity index (χ2n) is 4.50. The molecule has 1 unspecified atom stereocenters. The molecule has 1 N–H and O–H groups in total. The molecule has 1 rings (SSSR count). The predicted octanol–water partition coefficient (Wildman–Crippen LogP) is 3.32. The lowest BCUT2D eigenvalue weighted by Gasteiger charge is -2.16. The first-order valence-electron chi connectivity index (χ1n) is 6.18. The van der Waals surface area contributed by atoms with E-state index < -0.39 is 0 Å². The van der Waals surface area contributed by atoms with Crippen molar-refractivity contribution in [1.82, 2.24) is 5.32 Å². The van der Waals surface area contributed by atoms with Crippen LogP contribution in [0.2, 0.25) is 0 Å². The lowest BCUT2D eigenvalue weighted by molar-refractivity contribution is 0.354. The van der Waals surface area contributed by atoms with Gasteiger partial charge in [-0.15, -0.1) is 6.58 Å². The van der Waals surface area contributed by atoms with E-state index in [4.69, 9.17) is 9.47 Å². The van der Waals surface area contributed by atoms with E-state index >= 15 is 0 Å². The van der Waals surface area contributed by atoms with E-state index in [0.29, 0.717) is 0 Å². The largest absolute Gasteiger partial charge is 0.493 e. The molecule has 0 saturated carbocycles. The molecule has 3 nitrogen and oxygen atoms in total. The number of rotatable bonds is 7. The van der Waals surface area contributed by atoms with Crippen molar-refractivity contribution in [3.8, 4) is 11.5 Å². The zero-order chi connectivity index (χ0) is 13.5. The van der Waals surface area contributed by atoms with Gasteiger partial charge >= 0.3 is 0 Å². The minimum Gasteiger partial charge on any atom is -0.493 e.